The first kappa shape index (κ1) is 17.2. The lowest BCUT2D eigenvalue weighted by Crippen LogP contribution is -1.96. The Morgan fingerprint density at radius 3 is 2.60 bits per heavy atom. The molecule has 0 spiro atoms. The van der Waals surface area contributed by atoms with Gasteiger partial charge in [-0.2, -0.15) is 0 Å². The van der Waals surface area contributed by atoms with Gasteiger partial charge in [0, 0.05) is 16.8 Å². The molecule has 0 fully saturated rings. The van der Waals surface area contributed by atoms with Crippen LogP contribution in [-0.4, -0.2) is 6.21 Å². The molecule has 0 saturated carbocycles. The van der Waals surface area contributed by atoms with E-state index in [0.29, 0.717) is 6.61 Å². The highest BCUT2D eigenvalue weighted by atomic mass is 35.5. The molecule has 0 unspecified atom stereocenters. The van der Waals surface area contributed by atoms with E-state index in [1.54, 1.807) is 0 Å². The zero-order valence-electron chi connectivity index (χ0n) is 14.4. The first-order chi connectivity index (χ1) is 12.1. The lowest BCUT2D eigenvalue weighted by molar-refractivity contribution is 0.306. The summed E-state index contributed by atoms with van der Waals surface area (Å²) >= 11 is 6.17. The van der Waals surface area contributed by atoms with E-state index in [2.05, 4.69) is 24.9 Å². The minimum absolute atomic E-state index is 0.442. The molecule has 0 saturated heterocycles. The Kier molecular flexibility index (Phi) is 5.52. The molecule has 0 aliphatic heterocycles. The largest absolute Gasteiger partial charge is 0.489 e. The Morgan fingerprint density at radius 1 is 0.960 bits per heavy atom. The lowest BCUT2D eigenvalue weighted by atomic mass is 10.1. The maximum absolute atomic E-state index is 6.17. The van der Waals surface area contributed by atoms with Crippen molar-refractivity contribution >= 4 is 23.5 Å². The zero-order valence-corrected chi connectivity index (χ0v) is 15.1. The second-order valence-corrected chi connectivity index (χ2v) is 6.34. The fourth-order valence-electron chi connectivity index (χ4n) is 2.48. The average molecular weight is 350 g/mol. The quantitative estimate of drug-likeness (QED) is 0.496. The highest BCUT2D eigenvalue weighted by molar-refractivity contribution is 6.31. The van der Waals surface area contributed by atoms with Gasteiger partial charge in [-0.15, -0.1) is 0 Å². The second kappa shape index (κ2) is 8.00. The molecule has 0 atom stereocenters. The standard InChI is InChI=1S/C22H20ClNO/c1-16-7-5-12-22(17(16)2)24-14-18-8-6-10-20(13-18)25-15-19-9-3-4-11-21(19)23/h3-14H,15H2,1-2H3. The van der Waals surface area contributed by atoms with Gasteiger partial charge in [-0.3, -0.25) is 4.99 Å². The van der Waals surface area contributed by atoms with Crippen LogP contribution >= 0.6 is 11.6 Å². The minimum Gasteiger partial charge on any atom is -0.489 e. The predicted octanol–water partition coefficient (Wildman–Crippen LogP) is 6.29. The summed E-state index contributed by atoms with van der Waals surface area (Å²) in [5.74, 6) is 0.796. The molecule has 0 aliphatic rings. The molecule has 0 aromatic heterocycles. The molecule has 0 heterocycles. The number of rotatable bonds is 5. The molecular weight excluding hydrogens is 330 g/mol. The van der Waals surface area contributed by atoms with Crippen LogP contribution in [0.5, 0.6) is 5.75 Å². The van der Waals surface area contributed by atoms with Crippen LogP contribution in [0.4, 0.5) is 5.69 Å². The maximum Gasteiger partial charge on any atom is 0.120 e. The number of halogens is 1. The molecule has 25 heavy (non-hydrogen) atoms. The van der Waals surface area contributed by atoms with Crippen molar-refractivity contribution in [1.29, 1.82) is 0 Å². The Hall–Kier alpha value is -2.58. The molecule has 0 N–H and O–H groups in total. The van der Waals surface area contributed by atoms with Gasteiger partial charge in [0.05, 0.1) is 5.69 Å². The summed E-state index contributed by atoms with van der Waals surface area (Å²) in [7, 11) is 0. The van der Waals surface area contributed by atoms with Crippen molar-refractivity contribution in [3.63, 3.8) is 0 Å². The third-order valence-corrected chi connectivity index (χ3v) is 4.51. The molecule has 0 aliphatic carbocycles. The highest BCUT2D eigenvalue weighted by Gasteiger charge is 2.02. The summed E-state index contributed by atoms with van der Waals surface area (Å²) in [6.07, 6.45) is 1.87. The number of aryl methyl sites for hydroxylation is 1. The van der Waals surface area contributed by atoms with Crippen molar-refractivity contribution in [2.75, 3.05) is 0 Å². The smallest absolute Gasteiger partial charge is 0.120 e. The summed E-state index contributed by atoms with van der Waals surface area (Å²) in [6.45, 7) is 4.62. The van der Waals surface area contributed by atoms with Crippen molar-refractivity contribution in [3.8, 4) is 5.75 Å². The van der Waals surface area contributed by atoms with Crippen molar-refractivity contribution < 1.29 is 4.74 Å². The van der Waals surface area contributed by atoms with E-state index in [-0.39, 0.29) is 0 Å². The van der Waals surface area contributed by atoms with Crippen LogP contribution in [-0.2, 0) is 6.61 Å². The van der Waals surface area contributed by atoms with Crippen LogP contribution < -0.4 is 4.74 Å². The van der Waals surface area contributed by atoms with Gasteiger partial charge in [-0.25, -0.2) is 0 Å². The van der Waals surface area contributed by atoms with Gasteiger partial charge in [0.2, 0.25) is 0 Å². The van der Waals surface area contributed by atoms with Gasteiger partial charge in [0.1, 0.15) is 12.4 Å². The van der Waals surface area contributed by atoms with Crippen molar-refractivity contribution in [1.82, 2.24) is 0 Å². The van der Waals surface area contributed by atoms with Crippen LogP contribution in [0.25, 0.3) is 0 Å². The van der Waals surface area contributed by atoms with E-state index in [0.717, 1.165) is 27.6 Å². The topological polar surface area (TPSA) is 21.6 Å². The van der Waals surface area contributed by atoms with Gasteiger partial charge < -0.3 is 4.74 Å². The lowest BCUT2D eigenvalue weighted by Gasteiger charge is -2.08. The second-order valence-electron chi connectivity index (χ2n) is 5.93. The van der Waals surface area contributed by atoms with E-state index < -0.39 is 0 Å². The number of nitrogens with zero attached hydrogens (tertiary/aromatic N) is 1. The summed E-state index contributed by atoms with van der Waals surface area (Å²) in [5, 5.41) is 0.718. The Balaban J connectivity index is 1.72. The normalized spacial score (nSPS) is 11.0. The van der Waals surface area contributed by atoms with Gasteiger partial charge in [-0.1, -0.05) is 54.1 Å². The van der Waals surface area contributed by atoms with Gasteiger partial charge in [-0.05, 0) is 54.8 Å². The van der Waals surface area contributed by atoms with Crippen LogP contribution in [0.15, 0.2) is 71.7 Å². The number of benzene rings is 3. The molecule has 0 bridgehead atoms. The van der Waals surface area contributed by atoms with E-state index in [9.17, 15) is 0 Å². The van der Waals surface area contributed by atoms with Crippen LogP contribution in [0.3, 0.4) is 0 Å². The Morgan fingerprint density at radius 2 is 1.76 bits per heavy atom. The molecule has 3 rings (SSSR count). The summed E-state index contributed by atoms with van der Waals surface area (Å²) in [6, 6.07) is 21.7. The fraction of sp³-hybridized carbons (Fsp3) is 0.136. The van der Waals surface area contributed by atoms with Crippen LogP contribution in [0.1, 0.15) is 22.3 Å². The van der Waals surface area contributed by atoms with Crippen molar-refractivity contribution in [3.05, 3.63) is 94.0 Å². The summed E-state index contributed by atoms with van der Waals surface area (Å²) in [4.78, 5) is 4.61. The van der Waals surface area contributed by atoms with Crippen molar-refractivity contribution in [2.45, 2.75) is 20.5 Å². The average Bonchev–Trinajstić information content (AvgIpc) is 2.63. The third kappa shape index (κ3) is 4.49. The Labute approximate surface area is 153 Å². The van der Waals surface area contributed by atoms with Crippen LogP contribution in [0, 0.1) is 13.8 Å². The van der Waals surface area contributed by atoms with Gasteiger partial charge in [0.15, 0.2) is 0 Å². The number of hydrogen-bond donors (Lipinski definition) is 0. The van der Waals surface area contributed by atoms with Gasteiger partial charge >= 0.3 is 0 Å². The third-order valence-electron chi connectivity index (χ3n) is 4.14. The molecule has 2 nitrogen and oxygen atoms in total. The molecule has 0 amide bonds. The molecule has 0 radical (unpaired) electrons. The monoisotopic (exact) mass is 349 g/mol. The maximum atomic E-state index is 6.17. The first-order valence-electron chi connectivity index (χ1n) is 8.20. The molecule has 3 heteroatoms. The van der Waals surface area contributed by atoms with E-state index in [1.807, 2.05) is 66.9 Å². The predicted molar refractivity (Wildman–Crippen MR) is 105 cm³/mol. The highest BCUT2D eigenvalue weighted by Crippen LogP contribution is 2.22. The van der Waals surface area contributed by atoms with E-state index in [4.69, 9.17) is 16.3 Å². The summed E-state index contributed by atoms with van der Waals surface area (Å²) < 4.78 is 5.86. The SMILES string of the molecule is Cc1cccc(N=Cc2cccc(OCc3ccccc3Cl)c2)c1C. The zero-order chi connectivity index (χ0) is 17.6. The van der Waals surface area contributed by atoms with Crippen LogP contribution in [0.2, 0.25) is 5.02 Å². The fourth-order valence-corrected chi connectivity index (χ4v) is 2.67. The number of ether oxygens (including phenoxy) is 1. The molecule has 126 valence electrons. The molecule has 3 aromatic rings. The number of aliphatic imine (C=N–C) groups is 1. The van der Waals surface area contributed by atoms with E-state index in [1.165, 1.54) is 11.1 Å². The Bertz CT molecular complexity index is 902. The summed E-state index contributed by atoms with van der Waals surface area (Å²) in [5.41, 5.74) is 5.40. The minimum atomic E-state index is 0.442. The van der Waals surface area contributed by atoms with Crippen molar-refractivity contribution in [2.24, 2.45) is 4.99 Å². The van der Waals surface area contributed by atoms with Gasteiger partial charge in [0.25, 0.3) is 0 Å². The molecule has 3 aromatic carbocycles. The first-order valence-corrected chi connectivity index (χ1v) is 8.58. The molecular formula is C22H20ClNO. The number of hydrogen-bond acceptors (Lipinski definition) is 2. The van der Waals surface area contributed by atoms with E-state index >= 15 is 0 Å².